The lowest BCUT2D eigenvalue weighted by Crippen LogP contribution is -2.46. The van der Waals surface area contributed by atoms with Crippen molar-refractivity contribution in [3.05, 3.63) is 65.2 Å². The van der Waals surface area contributed by atoms with Crippen LogP contribution in [0.4, 0.5) is 16.2 Å². The van der Waals surface area contributed by atoms with E-state index in [4.69, 9.17) is 4.98 Å². The van der Waals surface area contributed by atoms with E-state index >= 15 is 0 Å². The smallest absolute Gasteiger partial charge is 0.319 e. The number of carbonyl (C=O) groups excluding carboxylic acids is 1. The average molecular weight is 450 g/mol. The molecule has 168 valence electrons. The van der Waals surface area contributed by atoms with E-state index in [-0.39, 0.29) is 6.03 Å². The molecule has 0 aliphatic carbocycles. The molecule has 4 rings (SSSR count). The molecule has 1 aromatic heterocycles. The monoisotopic (exact) mass is 449 g/mol. The summed E-state index contributed by atoms with van der Waals surface area (Å²) < 4.78 is 0. The number of aromatic nitrogens is 1. The predicted octanol–water partition coefficient (Wildman–Crippen LogP) is 4.62. The highest BCUT2D eigenvalue weighted by atomic mass is 32.1. The van der Waals surface area contributed by atoms with Crippen molar-refractivity contribution in [2.75, 3.05) is 49.5 Å². The molecule has 1 saturated heterocycles. The fourth-order valence-corrected chi connectivity index (χ4v) is 4.74. The fourth-order valence-electron chi connectivity index (χ4n) is 3.88. The van der Waals surface area contributed by atoms with Crippen molar-refractivity contribution >= 4 is 28.7 Å². The fraction of sp³-hybridized carbons (Fsp3) is 0.360. The van der Waals surface area contributed by atoms with Crippen LogP contribution >= 0.6 is 11.3 Å². The van der Waals surface area contributed by atoms with Crippen LogP contribution in [0, 0.1) is 6.92 Å². The third-order valence-electron chi connectivity index (χ3n) is 5.83. The summed E-state index contributed by atoms with van der Waals surface area (Å²) >= 11 is 1.64. The molecular weight excluding hydrogens is 418 g/mol. The van der Waals surface area contributed by atoms with Crippen LogP contribution in [0.3, 0.4) is 0 Å². The average Bonchev–Trinajstić information content (AvgIpc) is 3.29. The summed E-state index contributed by atoms with van der Waals surface area (Å²) in [7, 11) is 0. The third-order valence-corrected chi connectivity index (χ3v) is 6.77. The van der Waals surface area contributed by atoms with Gasteiger partial charge in [-0.2, -0.15) is 0 Å². The Kier molecular flexibility index (Phi) is 7.39. The second kappa shape index (κ2) is 10.6. The van der Waals surface area contributed by atoms with E-state index in [1.807, 2.05) is 18.2 Å². The lowest BCUT2D eigenvalue weighted by Gasteiger charge is -2.36. The minimum Gasteiger partial charge on any atom is -0.367 e. The first-order chi connectivity index (χ1) is 15.6. The van der Waals surface area contributed by atoms with Gasteiger partial charge in [0.15, 0.2) is 0 Å². The van der Waals surface area contributed by atoms with Crippen molar-refractivity contribution in [3.63, 3.8) is 0 Å². The van der Waals surface area contributed by atoms with Crippen molar-refractivity contribution in [2.24, 2.45) is 0 Å². The summed E-state index contributed by atoms with van der Waals surface area (Å²) in [5, 5.41) is 9.09. The number of piperazine rings is 1. The van der Waals surface area contributed by atoms with E-state index in [0.29, 0.717) is 13.0 Å². The molecule has 0 bridgehead atoms. The van der Waals surface area contributed by atoms with E-state index in [9.17, 15) is 4.79 Å². The molecule has 32 heavy (non-hydrogen) atoms. The number of nitrogens with zero attached hydrogens (tertiary/aromatic N) is 3. The number of hydrogen-bond acceptors (Lipinski definition) is 5. The highest BCUT2D eigenvalue weighted by Crippen LogP contribution is 2.27. The van der Waals surface area contributed by atoms with Gasteiger partial charge in [0.05, 0.1) is 17.1 Å². The Hall–Kier alpha value is -2.90. The molecule has 2 heterocycles. The van der Waals surface area contributed by atoms with Crippen molar-refractivity contribution in [3.8, 4) is 10.6 Å². The molecule has 2 amide bonds. The Morgan fingerprint density at radius 2 is 1.81 bits per heavy atom. The largest absolute Gasteiger partial charge is 0.367 e. The number of nitrogens with one attached hydrogen (secondary N) is 2. The number of benzene rings is 2. The van der Waals surface area contributed by atoms with Gasteiger partial charge >= 0.3 is 6.03 Å². The zero-order valence-electron chi connectivity index (χ0n) is 18.8. The predicted molar refractivity (Wildman–Crippen MR) is 134 cm³/mol. The molecule has 7 heteroatoms. The van der Waals surface area contributed by atoms with Crippen LogP contribution in [0.15, 0.2) is 53.9 Å². The molecule has 1 aliphatic heterocycles. The number of anilines is 2. The number of aryl methyl sites for hydroxylation is 1. The van der Waals surface area contributed by atoms with E-state index in [1.165, 1.54) is 5.56 Å². The molecular formula is C25H31N5OS. The number of rotatable bonds is 7. The van der Waals surface area contributed by atoms with Crippen LogP contribution in [0.2, 0.25) is 0 Å². The van der Waals surface area contributed by atoms with Crippen LogP contribution in [0.1, 0.15) is 18.2 Å². The van der Waals surface area contributed by atoms with Crippen LogP contribution in [0.5, 0.6) is 0 Å². The first-order valence-electron chi connectivity index (χ1n) is 11.2. The zero-order chi connectivity index (χ0) is 22.3. The SMILES string of the molecule is CCN1CCN(c2ccccc2NC(=O)NCCc2csc(-c3ccc(C)cc3)n2)CC1. The van der Waals surface area contributed by atoms with Gasteiger partial charge in [0, 0.05) is 50.1 Å². The van der Waals surface area contributed by atoms with Gasteiger partial charge < -0.3 is 20.4 Å². The van der Waals surface area contributed by atoms with Gasteiger partial charge in [-0.15, -0.1) is 11.3 Å². The quantitative estimate of drug-likeness (QED) is 0.552. The second-order valence-corrected chi connectivity index (χ2v) is 8.94. The lowest BCUT2D eigenvalue weighted by molar-refractivity contribution is 0.252. The number of likely N-dealkylation sites (N-methyl/N-ethyl adjacent to an activating group) is 1. The second-order valence-electron chi connectivity index (χ2n) is 8.08. The number of urea groups is 1. The van der Waals surface area contributed by atoms with Crippen LogP contribution < -0.4 is 15.5 Å². The van der Waals surface area contributed by atoms with Crippen molar-refractivity contribution in [2.45, 2.75) is 20.3 Å². The summed E-state index contributed by atoms with van der Waals surface area (Å²) in [4.78, 5) is 22.0. The van der Waals surface area contributed by atoms with Crippen LogP contribution in [0.25, 0.3) is 10.6 Å². The first kappa shape index (κ1) is 22.3. The number of para-hydroxylation sites is 2. The minimum atomic E-state index is -0.182. The Balaban J connectivity index is 1.28. The number of carbonyl (C=O) groups is 1. The molecule has 2 N–H and O–H groups in total. The summed E-state index contributed by atoms with van der Waals surface area (Å²) in [6, 6.07) is 16.3. The van der Waals surface area contributed by atoms with Gasteiger partial charge in [0.1, 0.15) is 5.01 Å². The number of hydrogen-bond donors (Lipinski definition) is 2. The van der Waals surface area contributed by atoms with E-state index in [0.717, 1.165) is 60.4 Å². The Bertz CT molecular complexity index is 1020. The number of thiazole rings is 1. The van der Waals surface area contributed by atoms with Crippen molar-refractivity contribution < 1.29 is 4.79 Å². The lowest BCUT2D eigenvalue weighted by atomic mass is 10.2. The molecule has 1 aliphatic rings. The first-order valence-corrected chi connectivity index (χ1v) is 12.1. The maximum Gasteiger partial charge on any atom is 0.319 e. The van der Waals surface area contributed by atoms with E-state index in [2.05, 4.69) is 70.0 Å². The van der Waals surface area contributed by atoms with Gasteiger partial charge in [0.25, 0.3) is 0 Å². The van der Waals surface area contributed by atoms with Gasteiger partial charge in [-0.1, -0.05) is 48.9 Å². The van der Waals surface area contributed by atoms with Gasteiger partial charge in [0.2, 0.25) is 0 Å². The molecule has 0 atom stereocenters. The molecule has 1 fully saturated rings. The van der Waals surface area contributed by atoms with Gasteiger partial charge in [-0.05, 0) is 25.6 Å². The molecule has 3 aromatic rings. The Morgan fingerprint density at radius 3 is 2.56 bits per heavy atom. The molecule has 0 spiro atoms. The summed E-state index contributed by atoms with van der Waals surface area (Å²) in [6.07, 6.45) is 0.705. The maximum absolute atomic E-state index is 12.5. The van der Waals surface area contributed by atoms with Crippen molar-refractivity contribution in [1.82, 2.24) is 15.2 Å². The Morgan fingerprint density at radius 1 is 1.06 bits per heavy atom. The highest BCUT2D eigenvalue weighted by Gasteiger charge is 2.18. The summed E-state index contributed by atoms with van der Waals surface area (Å²) in [5.74, 6) is 0. The molecule has 2 aromatic carbocycles. The molecule has 6 nitrogen and oxygen atoms in total. The number of amides is 2. The standard InChI is InChI=1S/C25H31N5OS/c1-3-29-14-16-30(17-15-29)23-7-5-4-6-22(23)28-25(31)26-13-12-21-18-32-24(27-21)20-10-8-19(2)9-11-20/h4-11,18H,3,12-17H2,1-2H3,(H2,26,28,31). The topological polar surface area (TPSA) is 60.5 Å². The van der Waals surface area contributed by atoms with Crippen molar-refractivity contribution in [1.29, 1.82) is 0 Å². The van der Waals surface area contributed by atoms with Gasteiger partial charge in [-0.25, -0.2) is 9.78 Å². The molecule has 0 saturated carbocycles. The van der Waals surface area contributed by atoms with E-state index in [1.54, 1.807) is 11.3 Å². The normalized spacial score (nSPS) is 14.4. The third kappa shape index (κ3) is 5.66. The maximum atomic E-state index is 12.5. The Labute approximate surface area is 194 Å². The zero-order valence-corrected chi connectivity index (χ0v) is 19.6. The minimum absolute atomic E-state index is 0.182. The van der Waals surface area contributed by atoms with E-state index < -0.39 is 0 Å². The van der Waals surface area contributed by atoms with Crippen LogP contribution in [-0.2, 0) is 6.42 Å². The highest BCUT2D eigenvalue weighted by molar-refractivity contribution is 7.13. The summed E-state index contributed by atoms with van der Waals surface area (Å²) in [6.45, 7) is 9.96. The van der Waals surface area contributed by atoms with Gasteiger partial charge in [-0.3, -0.25) is 0 Å². The molecule has 0 unspecified atom stereocenters. The summed E-state index contributed by atoms with van der Waals surface area (Å²) in [5.41, 5.74) is 5.31. The molecule has 0 radical (unpaired) electrons. The van der Waals surface area contributed by atoms with Crippen LogP contribution in [-0.4, -0.2) is 55.2 Å².